The summed E-state index contributed by atoms with van der Waals surface area (Å²) in [4.78, 5) is 0. The van der Waals surface area contributed by atoms with Crippen molar-refractivity contribution in [1.82, 2.24) is 0 Å². The molecule has 0 saturated heterocycles. The first-order valence-electron chi connectivity index (χ1n) is 6.88. The summed E-state index contributed by atoms with van der Waals surface area (Å²) in [5.41, 5.74) is 8.48. The second kappa shape index (κ2) is 6.92. The lowest BCUT2D eigenvalue weighted by molar-refractivity contribution is 0.296. The minimum Gasteiger partial charge on any atom is -0.489 e. The zero-order valence-corrected chi connectivity index (χ0v) is 13.0. The van der Waals surface area contributed by atoms with Crippen molar-refractivity contribution < 1.29 is 9.13 Å². The Morgan fingerprint density at radius 1 is 1.24 bits per heavy atom. The maximum absolute atomic E-state index is 13.8. The highest BCUT2D eigenvalue weighted by atomic mass is 35.5. The number of nitrogens with two attached hydrogens (primary N) is 1. The molecule has 1 unspecified atom stereocenters. The van der Waals surface area contributed by atoms with Gasteiger partial charge < -0.3 is 10.5 Å². The lowest BCUT2D eigenvalue weighted by Crippen LogP contribution is -2.18. The Hall–Kier alpha value is -1.58. The molecular weight excluding hydrogens is 289 g/mol. The monoisotopic (exact) mass is 307 g/mol. The molecule has 21 heavy (non-hydrogen) atoms. The van der Waals surface area contributed by atoms with Crippen LogP contribution in [0.5, 0.6) is 5.75 Å². The number of aryl methyl sites for hydroxylation is 1. The standard InChI is InChI=1S/C17H19ClFNO/c1-11-6-7-16(14(8-11)9-12(2)20)21-10-13-4-3-5-15(18)17(13)19/h3-8,12H,9-10,20H2,1-2H3. The van der Waals surface area contributed by atoms with Crippen molar-refractivity contribution >= 4 is 11.6 Å². The SMILES string of the molecule is Cc1ccc(OCc2cccc(Cl)c2F)c(CC(C)N)c1. The molecule has 1 atom stereocenters. The summed E-state index contributed by atoms with van der Waals surface area (Å²) in [6.07, 6.45) is 0.717. The van der Waals surface area contributed by atoms with Gasteiger partial charge in [-0.1, -0.05) is 41.4 Å². The molecule has 0 bridgehead atoms. The maximum atomic E-state index is 13.8. The Kier molecular flexibility index (Phi) is 5.21. The lowest BCUT2D eigenvalue weighted by Gasteiger charge is -2.14. The maximum Gasteiger partial charge on any atom is 0.148 e. The van der Waals surface area contributed by atoms with Crippen LogP contribution in [0.3, 0.4) is 0 Å². The van der Waals surface area contributed by atoms with Crippen LogP contribution in [0.15, 0.2) is 36.4 Å². The van der Waals surface area contributed by atoms with Crippen molar-refractivity contribution in [1.29, 1.82) is 0 Å². The molecule has 0 fully saturated rings. The van der Waals surface area contributed by atoms with Gasteiger partial charge in [-0.25, -0.2) is 4.39 Å². The van der Waals surface area contributed by atoms with E-state index >= 15 is 0 Å². The normalized spacial score (nSPS) is 12.2. The van der Waals surface area contributed by atoms with Gasteiger partial charge in [0.2, 0.25) is 0 Å². The number of rotatable bonds is 5. The molecule has 2 rings (SSSR count). The van der Waals surface area contributed by atoms with E-state index in [2.05, 4.69) is 0 Å². The fourth-order valence-corrected chi connectivity index (χ4v) is 2.36. The Labute approximate surface area is 129 Å². The molecule has 0 saturated carbocycles. The Balaban J connectivity index is 2.18. The van der Waals surface area contributed by atoms with E-state index in [4.69, 9.17) is 22.1 Å². The van der Waals surface area contributed by atoms with E-state index in [0.29, 0.717) is 5.56 Å². The molecule has 0 heterocycles. The highest BCUT2D eigenvalue weighted by Gasteiger charge is 2.10. The Morgan fingerprint density at radius 3 is 2.71 bits per heavy atom. The molecule has 0 radical (unpaired) electrons. The third-order valence-corrected chi connectivity index (χ3v) is 3.46. The summed E-state index contributed by atoms with van der Waals surface area (Å²) >= 11 is 5.77. The Bertz CT molecular complexity index is 628. The predicted octanol–water partition coefficient (Wildman–Crippen LogP) is 4.26. The van der Waals surface area contributed by atoms with Gasteiger partial charge in [0.15, 0.2) is 0 Å². The molecule has 2 aromatic rings. The van der Waals surface area contributed by atoms with Gasteiger partial charge in [0.1, 0.15) is 18.2 Å². The molecule has 0 aliphatic heterocycles. The Morgan fingerprint density at radius 2 is 2.00 bits per heavy atom. The molecule has 0 aliphatic rings. The van der Waals surface area contributed by atoms with Gasteiger partial charge >= 0.3 is 0 Å². The van der Waals surface area contributed by atoms with E-state index in [1.165, 1.54) is 6.07 Å². The topological polar surface area (TPSA) is 35.2 Å². The third-order valence-electron chi connectivity index (χ3n) is 3.17. The first-order valence-corrected chi connectivity index (χ1v) is 7.26. The van der Waals surface area contributed by atoms with Crippen LogP contribution in [-0.2, 0) is 13.0 Å². The van der Waals surface area contributed by atoms with E-state index in [0.717, 1.165) is 23.3 Å². The molecule has 2 aromatic carbocycles. The van der Waals surface area contributed by atoms with E-state index in [9.17, 15) is 4.39 Å². The minimum atomic E-state index is -0.431. The van der Waals surface area contributed by atoms with Gasteiger partial charge in [0.05, 0.1) is 5.02 Å². The first kappa shape index (κ1) is 15.8. The predicted molar refractivity (Wildman–Crippen MR) is 84.3 cm³/mol. The number of hydrogen-bond acceptors (Lipinski definition) is 2. The number of benzene rings is 2. The van der Waals surface area contributed by atoms with Crippen LogP contribution in [0, 0.1) is 12.7 Å². The third kappa shape index (κ3) is 4.19. The van der Waals surface area contributed by atoms with E-state index in [-0.39, 0.29) is 17.7 Å². The zero-order chi connectivity index (χ0) is 15.4. The highest BCUT2D eigenvalue weighted by Crippen LogP contribution is 2.24. The van der Waals surface area contributed by atoms with Gasteiger partial charge in [-0.3, -0.25) is 0 Å². The van der Waals surface area contributed by atoms with Crippen LogP contribution in [0.25, 0.3) is 0 Å². The second-order valence-electron chi connectivity index (χ2n) is 5.29. The second-order valence-corrected chi connectivity index (χ2v) is 5.70. The minimum absolute atomic E-state index is 0.0389. The van der Waals surface area contributed by atoms with Crippen LogP contribution in [0.1, 0.15) is 23.6 Å². The van der Waals surface area contributed by atoms with Gasteiger partial charge in [0.25, 0.3) is 0 Å². The summed E-state index contributed by atoms with van der Waals surface area (Å²) in [6, 6.07) is 10.9. The van der Waals surface area contributed by atoms with Crippen molar-refractivity contribution in [3.63, 3.8) is 0 Å². The summed E-state index contributed by atoms with van der Waals surface area (Å²) in [6.45, 7) is 4.11. The molecule has 2 N–H and O–H groups in total. The van der Waals surface area contributed by atoms with Gasteiger partial charge in [0, 0.05) is 11.6 Å². The number of ether oxygens (including phenoxy) is 1. The van der Waals surface area contributed by atoms with E-state index < -0.39 is 5.82 Å². The first-order chi connectivity index (χ1) is 9.97. The largest absolute Gasteiger partial charge is 0.489 e. The van der Waals surface area contributed by atoms with Crippen molar-refractivity contribution in [3.8, 4) is 5.75 Å². The van der Waals surface area contributed by atoms with Gasteiger partial charge in [-0.15, -0.1) is 0 Å². The van der Waals surface area contributed by atoms with Crippen molar-refractivity contribution in [2.75, 3.05) is 0 Å². The molecular formula is C17H19ClFNO. The van der Waals surface area contributed by atoms with Gasteiger partial charge in [-0.05, 0) is 38.0 Å². The highest BCUT2D eigenvalue weighted by molar-refractivity contribution is 6.30. The van der Waals surface area contributed by atoms with E-state index in [1.54, 1.807) is 12.1 Å². The van der Waals surface area contributed by atoms with Crippen LogP contribution in [0.4, 0.5) is 4.39 Å². The van der Waals surface area contributed by atoms with Crippen molar-refractivity contribution in [3.05, 3.63) is 63.9 Å². The molecule has 0 aliphatic carbocycles. The van der Waals surface area contributed by atoms with Crippen LogP contribution >= 0.6 is 11.6 Å². The summed E-state index contributed by atoms with van der Waals surface area (Å²) in [7, 11) is 0. The number of hydrogen-bond donors (Lipinski definition) is 1. The molecule has 2 nitrogen and oxygen atoms in total. The average molecular weight is 308 g/mol. The average Bonchev–Trinajstić information content (AvgIpc) is 2.41. The zero-order valence-electron chi connectivity index (χ0n) is 12.2. The molecule has 112 valence electrons. The molecule has 0 aromatic heterocycles. The smallest absolute Gasteiger partial charge is 0.148 e. The fourth-order valence-electron chi connectivity index (χ4n) is 2.17. The number of halogens is 2. The van der Waals surface area contributed by atoms with E-state index in [1.807, 2.05) is 32.0 Å². The summed E-state index contributed by atoms with van der Waals surface area (Å²) < 4.78 is 19.6. The summed E-state index contributed by atoms with van der Waals surface area (Å²) in [5, 5.41) is 0.107. The molecule has 4 heteroatoms. The summed E-state index contributed by atoms with van der Waals surface area (Å²) in [5.74, 6) is 0.303. The van der Waals surface area contributed by atoms with Crippen LogP contribution in [-0.4, -0.2) is 6.04 Å². The van der Waals surface area contributed by atoms with Crippen LogP contribution in [0.2, 0.25) is 5.02 Å². The van der Waals surface area contributed by atoms with Crippen molar-refractivity contribution in [2.24, 2.45) is 5.73 Å². The van der Waals surface area contributed by atoms with Crippen molar-refractivity contribution in [2.45, 2.75) is 32.9 Å². The molecule has 0 amide bonds. The lowest BCUT2D eigenvalue weighted by atomic mass is 10.0. The molecule has 0 spiro atoms. The van der Waals surface area contributed by atoms with Gasteiger partial charge in [-0.2, -0.15) is 0 Å². The quantitative estimate of drug-likeness (QED) is 0.896. The van der Waals surface area contributed by atoms with Crippen LogP contribution < -0.4 is 10.5 Å². The fraction of sp³-hybridized carbons (Fsp3) is 0.294.